The molecule has 1 heterocycles. The lowest BCUT2D eigenvalue weighted by Crippen LogP contribution is -2.27. The summed E-state index contributed by atoms with van der Waals surface area (Å²) in [4.78, 5) is 25.6. The monoisotopic (exact) mass is 279 g/mol. The van der Waals surface area contributed by atoms with Crippen LogP contribution in [-0.4, -0.2) is 21.6 Å². The average Bonchev–Trinajstić information content (AvgIpc) is 2.66. The van der Waals surface area contributed by atoms with Gasteiger partial charge in [-0.1, -0.05) is 0 Å². The van der Waals surface area contributed by atoms with Crippen LogP contribution in [0, 0.1) is 10.1 Å². The molecule has 8 nitrogen and oxygen atoms in total. The Hall–Kier alpha value is -2.64. The highest BCUT2D eigenvalue weighted by atomic mass is 16.6. The number of carbonyl (C=O) groups is 1. The maximum Gasteiger partial charge on any atom is 0.415 e. The van der Waals surface area contributed by atoms with Gasteiger partial charge in [0, 0.05) is 12.1 Å². The normalized spacial score (nSPS) is 11.3. The highest BCUT2D eigenvalue weighted by Crippen LogP contribution is 2.23. The van der Waals surface area contributed by atoms with E-state index < -0.39 is 16.6 Å². The van der Waals surface area contributed by atoms with Gasteiger partial charge in [-0.2, -0.15) is 4.98 Å². The summed E-state index contributed by atoms with van der Waals surface area (Å²) in [6.07, 6.45) is -0.710. The van der Waals surface area contributed by atoms with Gasteiger partial charge in [0.2, 0.25) is 0 Å². The van der Waals surface area contributed by atoms with Gasteiger partial charge in [0.1, 0.15) is 11.1 Å². The summed E-state index contributed by atoms with van der Waals surface area (Å²) in [6.45, 7) is 5.17. The summed E-state index contributed by atoms with van der Waals surface area (Å²) < 4.78 is 10.3. The second-order valence-corrected chi connectivity index (χ2v) is 5.06. The van der Waals surface area contributed by atoms with E-state index in [0.29, 0.717) is 5.58 Å². The lowest BCUT2D eigenvalue weighted by atomic mass is 10.2. The zero-order valence-electron chi connectivity index (χ0n) is 11.2. The van der Waals surface area contributed by atoms with Crippen LogP contribution >= 0.6 is 0 Å². The zero-order chi connectivity index (χ0) is 14.9. The fraction of sp³-hybridized carbons (Fsp3) is 0.333. The fourth-order valence-electron chi connectivity index (χ4n) is 1.47. The van der Waals surface area contributed by atoms with E-state index in [1.165, 1.54) is 18.2 Å². The van der Waals surface area contributed by atoms with Gasteiger partial charge in [-0.25, -0.2) is 10.1 Å². The number of non-ortho nitro benzene ring substituents is 1. The molecular formula is C12H13N3O5. The van der Waals surface area contributed by atoms with Crippen molar-refractivity contribution in [2.75, 3.05) is 5.32 Å². The lowest BCUT2D eigenvalue weighted by molar-refractivity contribution is -0.384. The maximum absolute atomic E-state index is 11.5. The van der Waals surface area contributed by atoms with Gasteiger partial charge in [0.25, 0.3) is 5.69 Å². The Morgan fingerprint density at radius 3 is 2.75 bits per heavy atom. The van der Waals surface area contributed by atoms with Crippen LogP contribution in [0.25, 0.3) is 11.1 Å². The highest BCUT2D eigenvalue weighted by molar-refractivity contribution is 5.85. The minimum Gasteiger partial charge on any atom is -0.443 e. The van der Waals surface area contributed by atoms with Crippen LogP contribution in [0.1, 0.15) is 20.8 Å². The van der Waals surface area contributed by atoms with Crippen LogP contribution in [0.2, 0.25) is 0 Å². The number of fused-ring (bicyclic) bond motifs is 1. The van der Waals surface area contributed by atoms with Crippen molar-refractivity contribution in [2.24, 2.45) is 0 Å². The second kappa shape index (κ2) is 4.80. The average molecular weight is 279 g/mol. The number of oxazole rings is 1. The molecule has 0 bridgehead atoms. The molecule has 1 amide bonds. The molecule has 1 aromatic carbocycles. The van der Waals surface area contributed by atoms with Gasteiger partial charge < -0.3 is 9.15 Å². The fourth-order valence-corrected chi connectivity index (χ4v) is 1.47. The highest BCUT2D eigenvalue weighted by Gasteiger charge is 2.18. The standard InChI is InChI=1S/C12H13N3O5/c1-12(2,3)20-11(16)14-10-13-8-6-7(15(17)18)4-5-9(8)19-10/h4-6H,1-3H3,(H,13,14,16). The van der Waals surface area contributed by atoms with Crippen LogP contribution in [0.5, 0.6) is 0 Å². The van der Waals surface area contributed by atoms with Crippen LogP contribution in [0.4, 0.5) is 16.5 Å². The van der Waals surface area contributed by atoms with Crippen molar-refractivity contribution < 1.29 is 18.9 Å². The molecule has 0 atom stereocenters. The molecule has 0 saturated carbocycles. The van der Waals surface area contributed by atoms with Gasteiger partial charge >= 0.3 is 12.1 Å². The topological polar surface area (TPSA) is 108 Å². The Bertz CT molecular complexity index is 671. The third-order valence-corrected chi connectivity index (χ3v) is 2.19. The number of hydrogen-bond acceptors (Lipinski definition) is 6. The number of hydrogen-bond donors (Lipinski definition) is 1. The molecule has 2 rings (SSSR count). The van der Waals surface area contributed by atoms with E-state index in [-0.39, 0.29) is 17.2 Å². The van der Waals surface area contributed by atoms with Crippen molar-refractivity contribution in [3.8, 4) is 0 Å². The SMILES string of the molecule is CC(C)(C)OC(=O)Nc1nc2cc([N+](=O)[O-])ccc2o1. The van der Waals surface area contributed by atoms with Gasteiger partial charge in [0.15, 0.2) is 5.58 Å². The number of benzene rings is 1. The molecule has 0 aliphatic heterocycles. The number of nitro groups is 1. The first-order chi connectivity index (χ1) is 9.24. The summed E-state index contributed by atoms with van der Waals surface area (Å²) in [5.74, 6) is 0. The number of rotatable bonds is 2. The van der Waals surface area contributed by atoms with Gasteiger partial charge in [-0.15, -0.1) is 0 Å². The molecule has 0 radical (unpaired) electrons. The first kappa shape index (κ1) is 13.8. The molecule has 2 aromatic rings. The maximum atomic E-state index is 11.5. The quantitative estimate of drug-likeness (QED) is 0.668. The third kappa shape index (κ3) is 3.22. The van der Waals surface area contributed by atoms with E-state index in [1.807, 2.05) is 0 Å². The Balaban J connectivity index is 2.20. The molecular weight excluding hydrogens is 266 g/mol. The van der Waals surface area contributed by atoms with E-state index in [2.05, 4.69) is 10.3 Å². The molecule has 0 spiro atoms. The van der Waals surface area contributed by atoms with Crippen molar-refractivity contribution in [3.05, 3.63) is 28.3 Å². The van der Waals surface area contributed by atoms with Crippen LogP contribution in [-0.2, 0) is 4.74 Å². The van der Waals surface area contributed by atoms with Crippen molar-refractivity contribution >= 4 is 28.9 Å². The number of nitrogens with one attached hydrogen (secondary N) is 1. The molecule has 106 valence electrons. The number of nitro benzene ring substituents is 1. The Morgan fingerprint density at radius 2 is 2.15 bits per heavy atom. The zero-order valence-corrected chi connectivity index (χ0v) is 11.2. The molecule has 0 unspecified atom stereocenters. The molecule has 1 aromatic heterocycles. The summed E-state index contributed by atoms with van der Waals surface area (Å²) >= 11 is 0. The predicted molar refractivity (Wildman–Crippen MR) is 70.5 cm³/mol. The van der Waals surface area contributed by atoms with Gasteiger partial charge in [-0.05, 0) is 26.8 Å². The van der Waals surface area contributed by atoms with E-state index in [1.54, 1.807) is 20.8 Å². The predicted octanol–water partition coefficient (Wildman–Crippen LogP) is 3.08. The van der Waals surface area contributed by atoms with E-state index in [9.17, 15) is 14.9 Å². The molecule has 1 N–H and O–H groups in total. The number of ether oxygens (including phenoxy) is 1. The van der Waals surface area contributed by atoms with Crippen LogP contribution in [0.3, 0.4) is 0 Å². The van der Waals surface area contributed by atoms with E-state index in [4.69, 9.17) is 9.15 Å². The third-order valence-electron chi connectivity index (χ3n) is 2.19. The van der Waals surface area contributed by atoms with E-state index >= 15 is 0 Å². The Kier molecular flexibility index (Phi) is 3.31. The number of amides is 1. The largest absolute Gasteiger partial charge is 0.443 e. The summed E-state index contributed by atoms with van der Waals surface area (Å²) in [5, 5.41) is 13.0. The van der Waals surface area contributed by atoms with Crippen LogP contribution < -0.4 is 5.32 Å². The van der Waals surface area contributed by atoms with Crippen LogP contribution in [0.15, 0.2) is 22.6 Å². The van der Waals surface area contributed by atoms with Gasteiger partial charge in [0.05, 0.1) is 4.92 Å². The van der Waals surface area contributed by atoms with Crippen molar-refractivity contribution in [3.63, 3.8) is 0 Å². The van der Waals surface area contributed by atoms with Crippen molar-refractivity contribution in [1.29, 1.82) is 0 Å². The number of aromatic nitrogens is 1. The minimum absolute atomic E-state index is 0.0743. The molecule has 0 fully saturated rings. The molecule has 0 aliphatic carbocycles. The number of carbonyl (C=O) groups excluding carboxylic acids is 1. The Labute approximate surface area is 113 Å². The van der Waals surface area contributed by atoms with Crippen molar-refractivity contribution in [2.45, 2.75) is 26.4 Å². The number of nitrogens with zero attached hydrogens (tertiary/aromatic N) is 2. The molecule has 0 aliphatic rings. The smallest absolute Gasteiger partial charge is 0.415 e. The molecule has 8 heteroatoms. The summed E-state index contributed by atoms with van der Waals surface area (Å²) in [7, 11) is 0. The lowest BCUT2D eigenvalue weighted by Gasteiger charge is -2.18. The van der Waals surface area contributed by atoms with E-state index in [0.717, 1.165) is 0 Å². The molecule has 0 saturated heterocycles. The second-order valence-electron chi connectivity index (χ2n) is 5.06. The minimum atomic E-state index is -0.710. The van der Waals surface area contributed by atoms with Crippen molar-refractivity contribution in [1.82, 2.24) is 4.98 Å². The first-order valence-corrected chi connectivity index (χ1v) is 5.79. The van der Waals surface area contributed by atoms with Gasteiger partial charge in [-0.3, -0.25) is 10.1 Å². The number of anilines is 1. The summed E-state index contributed by atoms with van der Waals surface area (Å²) in [5.41, 5.74) is -0.129. The molecule has 20 heavy (non-hydrogen) atoms. The Morgan fingerprint density at radius 1 is 1.45 bits per heavy atom. The summed E-state index contributed by atoms with van der Waals surface area (Å²) in [6, 6.07) is 3.90. The first-order valence-electron chi connectivity index (χ1n) is 5.79.